The van der Waals surface area contributed by atoms with Crippen LogP contribution in [-0.4, -0.2) is 65.7 Å². The zero-order chi connectivity index (χ0) is 21.3. The number of rotatable bonds is 5. The molecule has 3 aliphatic heterocycles. The molecule has 2 fully saturated rings. The molecular weight excluding hydrogens is 386 g/mol. The summed E-state index contributed by atoms with van der Waals surface area (Å²) in [4.78, 5) is 52.2. The topological polar surface area (TPSA) is 96.0 Å². The number of nitrogens with zero attached hydrogens (tertiary/aromatic N) is 2. The molecule has 2 saturated heterocycles. The molecule has 1 atom stereocenters. The van der Waals surface area contributed by atoms with Gasteiger partial charge in [0.25, 0.3) is 11.8 Å². The summed E-state index contributed by atoms with van der Waals surface area (Å²) in [6.07, 6.45) is 7.58. The number of carbonyl (C=O) groups is 4. The summed E-state index contributed by atoms with van der Waals surface area (Å²) in [6, 6.07) is 3.83. The predicted molar refractivity (Wildman–Crippen MR) is 107 cm³/mol. The maximum atomic E-state index is 12.9. The number of benzene rings is 1. The second-order valence-electron chi connectivity index (χ2n) is 7.89. The first-order valence-corrected chi connectivity index (χ1v) is 10.1. The Morgan fingerprint density at radius 3 is 2.50 bits per heavy atom. The molecule has 1 aromatic carbocycles. The minimum Gasteiger partial charge on any atom is -0.493 e. The molecule has 0 radical (unpaired) electrons. The molecule has 30 heavy (non-hydrogen) atoms. The molecular formula is C22H23N3O5. The first kappa shape index (κ1) is 20.1. The van der Waals surface area contributed by atoms with E-state index in [0.29, 0.717) is 24.8 Å². The number of carbonyl (C=O) groups excluding carboxylic acids is 4. The molecule has 0 saturated carbocycles. The third-order valence-corrected chi connectivity index (χ3v) is 5.92. The molecule has 4 rings (SSSR count). The minimum atomic E-state index is -0.965. The molecule has 1 N–H and O–H groups in total. The molecule has 3 heterocycles. The quantitative estimate of drug-likeness (QED) is 0.571. The van der Waals surface area contributed by atoms with Crippen LogP contribution in [0.1, 0.15) is 46.4 Å². The van der Waals surface area contributed by atoms with Crippen LogP contribution in [0.5, 0.6) is 5.75 Å². The lowest BCUT2D eigenvalue weighted by Crippen LogP contribution is -2.54. The van der Waals surface area contributed by atoms with E-state index in [2.05, 4.69) is 16.1 Å². The van der Waals surface area contributed by atoms with Crippen molar-refractivity contribution in [1.82, 2.24) is 15.1 Å². The van der Waals surface area contributed by atoms with Crippen LogP contribution >= 0.6 is 0 Å². The van der Waals surface area contributed by atoms with Gasteiger partial charge < -0.3 is 4.74 Å². The van der Waals surface area contributed by atoms with Gasteiger partial charge >= 0.3 is 0 Å². The summed E-state index contributed by atoms with van der Waals surface area (Å²) in [6.45, 7) is 3.08. The van der Waals surface area contributed by atoms with E-state index in [1.165, 1.54) is 0 Å². The number of hydrogen-bond donors (Lipinski definition) is 1. The van der Waals surface area contributed by atoms with E-state index in [1.807, 2.05) is 0 Å². The highest BCUT2D eigenvalue weighted by molar-refractivity contribution is 6.23. The van der Waals surface area contributed by atoms with Gasteiger partial charge in [0.05, 0.1) is 24.3 Å². The van der Waals surface area contributed by atoms with Crippen LogP contribution in [0.25, 0.3) is 0 Å². The predicted octanol–water partition coefficient (Wildman–Crippen LogP) is 0.812. The van der Waals surface area contributed by atoms with Crippen molar-refractivity contribution in [2.75, 3.05) is 26.2 Å². The standard InChI is InChI=1S/C22H23N3O5/c1-2-9-24-10-7-14(8-11-24)13-30-15-3-4-16-17(12-15)22(29)25(21(16)28)18-5-6-19(26)23-20(18)27/h1,3-4,12,14,18H,5-11,13H2,(H,23,26,27). The summed E-state index contributed by atoms with van der Waals surface area (Å²) < 4.78 is 5.90. The van der Waals surface area contributed by atoms with Crippen molar-refractivity contribution in [3.63, 3.8) is 0 Å². The Morgan fingerprint density at radius 2 is 1.80 bits per heavy atom. The number of ether oxygens (including phenoxy) is 1. The van der Waals surface area contributed by atoms with Gasteiger partial charge in [0.15, 0.2) is 0 Å². The molecule has 1 unspecified atom stereocenters. The first-order chi connectivity index (χ1) is 14.5. The molecule has 0 bridgehead atoms. The van der Waals surface area contributed by atoms with Crippen molar-refractivity contribution in [3.8, 4) is 18.1 Å². The lowest BCUT2D eigenvalue weighted by molar-refractivity contribution is -0.136. The number of imide groups is 2. The highest BCUT2D eigenvalue weighted by Gasteiger charge is 2.44. The van der Waals surface area contributed by atoms with Crippen LogP contribution in [0, 0.1) is 18.3 Å². The van der Waals surface area contributed by atoms with E-state index in [9.17, 15) is 19.2 Å². The molecule has 156 valence electrons. The maximum Gasteiger partial charge on any atom is 0.262 e. The summed E-state index contributed by atoms with van der Waals surface area (Å²) in [5, 5.41) is 2.19. The van der Waals surface area contributed by atoms with Gasteiger partial charge in [-0.25, -0.2) is 0 Å². The zero-order valence-electron chi connectivity index (χ0n) is 16.6. The van der Waals surface area contributed by atoms with Crippen molar-refractivity contribution >= 4 is 23.6 Å². The van der Waals surface area contributed by atoms with Gasteiger partial charge in [0.2, 0.25) is 11.8 Å². The minimum absolute atomic E-state index is 0.0956. The monoisotopic (exact) mass is 409 g/mol. The van der Waals surface area contributed by atoms with Crippen molar-refractivity contribution in [1.29, 1.82) is 0 Å². The molecule has 3 aliphatic rings. The summed E-state index contributed by atoms with van der Waals surface area (Å²) >= 11 is 0. The van der Waals surface area contributed by atoms with Crippen molar-refractivity contribution in [2.45, 2.75) is 31.7 Å². The third-order valence-electron chi connectivity index (χ3n) is 5.92. The molecule has 8 nitrogen and oxygen atoms in total. The van der Waals surface area contributed by atoms with Gasteiger partial charge in [-0.1, -0.05) is 5.92 Å². The Labute approximate surface area is 174 Å². The normalized spacial score (nSPS) is 22.6. The van der Waals surface area contributed by atoms with Crippen molar-refractivity contribution in [2.24, 2.45) is 5.92 Å². The second-order valence-corrected chi connectivity index (χ2v) is 7.89. The van der Waals surface area contributed by atoms with E-state index >= 15 is 0 Å². The lowest BCUT2D eigenvalue weighted by Gasteiger charge is -2.30. The van der Waals surface area contributed by atoms with E-state index in [4.69, 9.17) is 11.2 Å². The highest BCUT2D eigenvalue weighted by Crippen LogP contribution is 2.30. The number of hydrogen-bond acceptors (Lipinski definition) is 6. The number of amides is 4. The van der Waals surface area contributed by atoms with Gasteiger partial charge in [-0.3, -0.25) is 34.3 Å². The number of piperidine rings is 2. The van der Waals surface area contributed by atoms with Gasteiger partial charge in [-0.2, -0.15) is 0 Å². The Bertz CT molecular complexity index is 943. The van der Waals surface area contributed by atoms with Crippen molar-refractivity contribution < 1.29 is 23.9 Å². The Kier molecular flexibility index (Phi) is 5.55. The number of likely N-dealkylation sites (tertiary alicyclic amines) is 1. The molecule has 0 spiro atoms. The fourth-order valence-electron chi connectivity index (χ4n) is 4.19. The Hall–Kier alpha value is -3.18. The lowest BCUT2D eigenvalue weighted by atomic mass is 9.98. The van der Waals surface area contributed by atoms with Gasteiger partial charge in [-0.15, -0.1) is 6.42 Å². The molecule has 0 aliphatic carbocycles. The summed E-state index contributed by atoms with van der Waals surface area (Å²) in [5.74, 6) is 1.53. The van der Waals surface area contributed by atoms with Gasteiger partial charge in [-0.05, 0) is 56.5 Å². The van der Waals surface area contributed by atoms with Crippen LogP contribution < -0.4 is 10.1 Å². The molecule has 0 aromatic heterocycles. The zero-order valence-corrected chi connectivity index (χ0v) is 16.6. The second kappa shape index (κ2) is 8.28. The molecule has 4 amide bonds. The molecule has 1 aromatic rings. The Balaban J connectivity index is 1.41. The summed E-state index contributed by atoms with van der Waals surface area (Å²) in [5.41, 5.74) is 0.477. The fourth-order valence-corrected chi connectivity index (χ4v) is 4.19. The van der Waals surface area contributed by atoms with Crippen LogP contribution in [0.2, 0.25) is 0 Å². The number of nitrogens with one attached hydrogen (secondary N) is 1. The van der Waals surface area contributed by atoms with Crippen LogP contribution in [0.15, 0.2) is 18.2 Å². The van der Waals surface area contributed by atoms with E-state index < -0.39 is 29.7 Å². The van der Waals surface area contributed by atoms with E-state index in [0.717, 1.165) is 30.8 Å². The van der Waals surface area contributed by atoms with Crippen LogP contribution in [0.4, 0.5) is 0 Å². The first-order valence-electron chi connectivity index (χ1n) is 10.1. The fraction of sp³-hybridized carbons (Fsp3) is 0.455. The van der Waals surface area contributed by atoms with E-state index in [-0.39, 0.29) is 24.0 Å². The SMILES string of the molecule is C#CCN1CCC(COc2ccc3c(c2)C(=O)N(C2CCC(=O)NC2=O)C3=O)CC1. The smallest absolute Gasteiger partial charge is 0.262 e. The largest absolute Gasteiger partial charge is 0.493 e. The molecule has 8 heteroatoms. The number of terminal acetylenes is 1. The van der Waals surface area contributed by atoms with Crippen molar-refractivity contribution in [3.05, 3.63) is 29.3 Å². The average molecular weight is 409 g/mol. The van der Waals surface area contributed by atoms with Crippen LogP contribution in [-0.2, 0) is 9.59 Å². The summed E-state index contributed by atoms with van der Waals surface area (Å²) in [7, 11) is 0. The maximum absolute atomic E-state index is 12.9. The van der Waals surface area contributed by atoms with Crippen LogP contribution in [0.3, 0.4) is 0 Å². The third kappa shape index (κ3) is 3.81. The van der Waals surface area contributed by atoms with E-state index in [1.54, 1.807) is 18.2 Å². The highest BCUT2D eigenvalue weighted by atomic mass is 16.5. The van der Waals surface area contributed by atoms with Gasteiger partial charge in [0, 0.05) is 6.42 Å². The average Bonchev–Trinajstić information content (AvgIpc) is 2.98. The Morgan fingerprint density at radius 1 is 1.07 bits per heavy atom. The van der Waals surface area contributed by atoms with Gasteiger partial charge in [0.1, 0.15) is 11.8 Å². The number of fused-ring (bicyclic) bond motifs is 1.